The number of hydrogen-bond donors (Lipinski definition) is 1. The SMILES string of the molecule is CC(C)N1CC(=NC(=O)c2cc(C3CNC3)on2)[C@@H](C)C1. The number of aliphatic imine (C=N–C) groups is 1. The lowest BCUT2D eigenvalue weighted by atomic mass is 10.0. The Morgan fingerprint density at radius 2 is 2.29 bits per heavy atom. The zero-order chi connectivity index (χ0) is 15.0. The monoisotopic (exact) mass is 290 g/mol. The molecule has 21 heavy (non-hydrogen) atoms. The Labute approximate surface area is 124 Å². The molecule has 0 aliphatic carbocycles. The van der Waals surface area contributed by atoms with Gasteiger partial charge in [-0.1, -0.05) is 12.1 Å². The summed E-state index contributed by atoms with van der Waals surface area (Å²) in [5, 5.41) is 7.04. The van der Waals surface area contributed by atoms with Crippen LogP contribution in [-0.4, -0.2) is 53.9 Å². The predicted molar refractivity (Wildman–Crippen MR) is 79.8 cm³/mol. The molecule has 2 aliphatic heterocycles. The summed E-state index contributed by atoms with van der Waals surface area (Å²) in [6, 6.07) is 2.21. The lowest BCUT2D eigenvalue weighted by Crippen LogP contribution is -2.39. The zero-order valence-corrected chi connectivity index (χ0v) is 12.8. The van der Waals surface area contributed by atoms with Crippen molar-refractivity contribution in [3.63, 3.8) is 0 Å². The molecule has 0 saturated carbocycles. The van der Waals surface area contributed by atoms with Gasteiger partial charge in [0.05, 0.1) is 0 Å². The molecule has 0 radical (unpaired) electrons. The van der Waals surface area contributed by atoms with E-state index < -0.39 is 0 Å². The van der Waals surface area contributed by atoms with E-state index in [1.807, 2.05) is 0 Å². The fraction of sp³-hybridized carbons (Fsp3) is 0.667. The molecule has 1 N–H and O–H groups in total. The van der Waals surface area contributed by atoms with E-state index >= 15 is 0 Å². The molecule has 1 aromatic heterocycles. The maximum atomic E-state index is 12.2. The van der Waals surface area contributed by atoms with Gasteiger partial charge in [-0.2, -0.15) is 0 Å². The molecule has 3 heterocycles. The number of hydrogen-bond acceptors (Lipinski definition) is 5. The van der Waals surface area contributed by atoms with Crippen molar-refractivity contribution in [2.75, 3.05) is 26.2 Å². The van der Waals surface area contributed by atoms with Crippen LogP contribution in [0.15, 0.2) is 15.6 Å². The van der Waals surface area contributed by atoms with E-state index in [4.69, 9.17) is 4.52 Å². The Morgan fingerprint density at radius 3 is 2.86 bits per heavy atom. The van der Waals surface area contributed by atoms with Crippen molar-refractivity contribution >= 4 is 11.6 Å². The molecule has 114 valence electrons. The fourth-order valence-electron chi connectivity index (χ4n) is 2.68. The first-order valence-corrected chi connectivity index (χ1v) is 7.57. The van der Waals surface area contributed by atoms with Gasteiger partial charge in [-0.15, -0.1) is 0 Å². The van der Waals surface area contributed by atoms with Crippen LogP contribution in [0, 0.1) is 5.92 Å². The molecule has 3 rings (SSSR count). The van der Waals surface area contributed by atoms with E-state index in [1.54, 1.807) is 6.07 Å². The number of carbonyl (C=O) groups excluding carboxylic acids is 1. The second kappa shape index (κ2) is 5.69. The maximum absolute atomic E-state index is 12.2. The van der Waals surface area contributed by atoms with Crippen LogP contribution in [0.1, 0.15) is 42.9 Å². The van der Waals surface area contributed by atoms with Crippen LogP contribution in [-0.2, 0) is 0 Å². The van der Waals surface area contributed by atoms with Gasteiger partial charge in [-0.3, -0.25) is 9.69 Å². The molecule has 6 heteroatoms. The number of likely N-dealkylation sites (tertiary alicyclic amines) is 1. The highest BCUT2D eigenvalue weighted by molar-refractivity contribution is 6.04. The Hall–Kier alpha value is -1.53. The lowest BCUT2D eigenvalue weighted by Gasteiger charge is -2.23. The first-order chi connectivity index (χ1) is 10.0. The summed E-state index contributed by atoms with van der Waals surface area (Å²) in [4.78, 5) is 18.8. The van der Waals surface area contributed by atoms with Crippen molar-refractivity contribution < 1.29 is 9.32 Å². The van der Waals surface area contributed by atoms with Crippen LogP contribution in [0.4, 0.5) is 0 Å². The van der Waals surface area contributed by atoms with E-state index in [0.29, 0.717) is 23.6 Å². The average Bonchev–Trinajstić information content (AvgIpc) is 2.95. The minimum atomic E-state index is -0.287. The second-order valence-electron chi connectivity index (χ2n) is 6.30. The Morgan fingerprint density at radius 1 is 1.52 bits per heavy atom. The van der Waals surface area contributed by atoms with Gasteiger partial charge >= 0.3 is 0 Å². The second-order valence-corrected chi connectivity index (χ2v) is 6.30. The number of amides is 1. The average molecular weight is 290 g/mol. The molecule has 1 amide bonds. The van der Waals surface area contributed by atoms with Crippen molar-refractivity contribution in [1.29, 1.82) is 0 Å². The fourth-order valence-corrected chi connectivity index (χ4v) is 2.68. The van der Waals surface area contributed by atoms with Crippen LogP contribution in [0.5, 0.6) is 0 Å². The molecule has 2 saturated heterocycles. The molecule has 2 aliphatic rings. The van der Waals surface area contributed by atoms with E-state index in [2.05, 4.69) is 41.1 Å². The molecule has 0 unspecified atom stereocenters. The number of rotatable bonds is 3. The molecular formula is C15H22N4O2. The number of nitrogens with one attached hydrogen (secondary N) is 1. The quantitative estimate of drug-likeness (QED) is 0.908. The van der Waals surface area contributed by atoms with E-state index in [0.717, 1.165) is 37.7 Å². The predicted octanol–water partition coefficient (Wildman–Crippen LogP) is 1.30. The number of nitrogens with zero attached hydrogens (tertiary/aromatic N) is 3. The van der Waals surface area contributed by atoms with Crippen LogP contribution in [0.25, 0.3) is 0 Å². The van der Waals surface area contributed by atoms with E-state index in [1.165, 1.54) is 0 Å². The topological polar surface area (TPSA) is 70.7 Å². The standard InChI is InChI=1S/C15H22N4O2/c1-9(2)19-7-10(3)13(8-19)17-15(20)12-4-14(21-18-12)11-5-16-6-11/h4,9-11,16H,5-8H2,1-3H3/t10-/m0/s1. The molecule has 0 spiro atoms. The molecule has 1 atom stereocenters. The minimum absolute atomic E-state index is 0.287. The van der Waals surface area contributed by atoms with Gasteiger partial charge < -0.3 is 9.84 Å². The summed E-state index contributed by atoms with van der Waals surface area (Å²) < 4.78 is 5.25. The third-order valence-electron chi connectivity index (χ3n) is 4.35. The normalized spacial score (nSPS) is 25.7. The number of carbonyl (C=O) groups is 1. The van der Waals surface area contributed by atoms with Gasteiger partial charge in [-0.25, -0.2) is 4.99 Å². The van der Waals surface area contributed by atoms with E-state index in [-0.39, 0.29) is 5.91 Å². The highest BCUT2D eigenvalue weighted by atomic mass is 16.5. The van der Waals surface area contributed by atoms with Crippen LogP contribution in [0.3, 0.4) is 0 Å². The highest BCUT2D eigenvalue weighted by Gasteiger charge is 2.29. The van der Waals surface area contributed by atoms with Gasteiger partial charge in [0.15, 0.2) is 5.69 Å². The lowest BCUT2D eigenvalue weighted by molar-refractivity contribution is 0.0993. The summed E-state index contributed by atoms with van der Waals surface area (Å²) in [7, 11) is 0. The third-order valence-corrected chi connectivity index (χ3v) is 4.35. The van der Waals surface area contributed by atoms with Crippen molar-refractivity contribution in [3.8, 4) is 0 Å². The van der Waals surface area contributed by atoms with Gasteiger partial charge in [0.25, 0.3) is 5.91 Å². The van der Waals surface area contributed by atoms with Gasteiger partial charge in [0, 0.05) is 55.8 Å². The van der Waals surface area contributed by atoms with Crippen LogP contribution >= 0.6 is 0 Å². The van der Waals surface area contributed by atoms with Crippen molar-refractivity contribution in [1.82, 2.24) is 15.4 Å². The molecule has 1 aromatic rings. The minimum Gasteiger partial charge on any atom is -0.360 e. The van der Waals surface area contributed by atoms with Gasteiger partial charge in [-0.05, 0) is 13.8 Å². The smallest absolute Gasteiger partial charge is 0.299 e. The first kappa shape index (κ1) is 14.4. The van der Waals surface area contributed by atoms with E-state index in [9.17, 15) is 4.79 Å². The number of aromatic nitrogens is 1. The summed E-state index contributed by atoms with van der Waals surface area (Å²) in [6.07, 6.45) is 0. The van der Waals surface area contributed by atoms with Crippen LogP contribution in [0.2, 0.25) is 0 Å². The maximum Gasteiger partial charge on any atom is 0.299 e. The molecule has 2 fully saturated rings. The van der Waals surface area contributed by atoms with Crippen LogP contribution < -0.4 is 5.32 Å². The third kappa shape index (κ3) is 2.91. The summed E-state index contributed by atoms with van der Waals surface area (Å²) in [5.41, 5.74) is 1.27. The van der Waals surface area contributed by atoms with Crippen molar-refractivity contribution in [2.45, 2.75) is 32.7 Å². The molecule has 6 nitrogen and oxygen atoms in total. The zero-order valence-electron chi connectivity index (χ0n) is 12.8. The Kier molecular flexibility index (Phi) is 3.91. The van der Waals surface area contributed by atoms with Gasteiger partial charge in [0.1, 0.15) is 5.76 Å². The molecular weight excluding hydrogens is 268 g/mol. The highest BCUT2D eigenvalue weighted by Crippen LogP contribution is 2.21. The first-order valence-electron chi connectivity index (χ1n) is 7.57. The summed E-state index contributed by atoms with van der Waals surface area (Å²) >= 11 is 0. The largest absolute Gasteiger partial charge is 0.360 e. The Balaban J connectivity index is 1.70. The Bertz CT molecular complexity index is 560. The van der Waals surface area contributed by atoms with Crippen molar-refractivity contribution in [2.24, 2.45) is 10.9 Å². The van der Waals surface area contributed by atoms with Crippen molar-refractivity contribution in [3.05, 3.63) is 17.5 Å². The summed E-state index contributed by atoms with van der Waals surface area (Å²) in [6.45, 7) is 9.93. The van der Waals surface area contributed by atoms with Gasteiger partial charge in [0.2, 0.25) is 0 Å². The molecule has 0 bridgehead atoms. The summed E-state index contributed by atoms with van der Waals surface area (Å²) in [5.74, 6) is 1.15. The molecule has 0 aromatic carbocycles.